The van der Waals surface area contributed by atoms with Gasteiger partial charge in [-0.15, -0.1) is 0 Å². The van der Waals surface area contributed by atoms with Crippen molar-refractivity contribution >= 4 is 0 Å². The summed E-state index contributed by atoms with van der Waals surface area (Å²) in [5, 5.41) is 0. The first-order valence-electron chi connectivity index (χ1n) is 5.82. The molecule has 0 aliphatic carbocycles. The SMILES string of the molecule is CC(C)CC[C@@H](N)c1cccc2c1OCO2. The van der Waals surface area contributed by atoms with Gasteiger partial charge in [-0.3, -0.25) is 0 Å². The van der Waals surface area contributed by atoms with Crippen LogP contribution in [-0.2, 0) is 0 Å². The van der Waals surface area contributed by atoms with Gasteiger partial charge in [0.25, 0.3) is 0 Å². The molecule has 3 nitrogen and oxygen atoms in total. The molecule has 16 heavy (non-hydrogen) atoms. The number of benzene rings is 1. The fraction of sp³-hybridized carbons (Fsp3) is 0.538. The third-order valence-corrected chi connectivity index (χ3v) is 2.88. The van der Waals surface area contributed by atoms with Gasteiger partial charge in [-0.25, -0.2) is 0 Å². The Labute approximate surface area is 96.5 Å². The van der Waals surface area contributed by atoms with Crippen molar-refractivity contribution in [3.05, 3.63) is 23.8 Å². The Morgan fingerprint density at radius 1 is 1.25 bits per heavy atom. The minimum atomic E-state index is 0.0408. The fourth-order valence-corrected chi connectivity index (χ4v) is 1.91. The van der Waals surface area contributed by atoms with E-state index < -0.39 is 0 Å². The van der Waals surface area contributed by atoms with Crippen molar-refractivity contribution in [2.75, 3.05) is 6.79 Å². The van der Waals surface area contributed by atoms with E-state index in [0.29, 0.717) is 12.7 Å². The average molecular weight is 221 g/mol. The van der Waals surface area contributed by atoms with Crippen LogP contribution >= 0.6 is 0 Å². The van der Waals surface area contributed by atoms with Crippen molar-refractivity contribution in [2.45, 2.75) is 32.7 Å². The Morgan fingerprint density at radius 3 is 2.81 bits per heavy atom. The maximum absolute atomic E-state index is 6.18. The summed E-state index contributed by atoms with van der Waals surface area (Å²) in [6.45, 7) is 4.73. The number of para-hydroxylation sites is 1. The van der Waals surface area contributed by atoms with E-state index in [1.165, 1.54) is 0 Å². The first kappa shape index (κ1) is 11.3. The molecule has 0 bridgehead atoms. The van der Waals surface area contributed by atoms with E-state index in [4.69, 9.17) is 15.2 Å². The van der Waals surface area contributed by atoms with Crippen molar-refractivity contribution in [1.82, 2.24) is 0 Å². The molecule has 2 rings (SSSR count). The second kappa shape index (κ2) is 4.74. The summed E-state index contributed by atoms with van der Waals surface area (Å²) in [5.41, 5.74) is 7.25. The molecule has 0 saturated heterocycles. The van der Waals surface area contributed by atoms with Crippen LogP contribution in [0.1, 0.15) is 38.3 Å². The lowest BCUT2D eigenvalue weighted by Crippen LogP contribution is -2.12. The lowest BCUT2D eigenvalue weighted by Gasteiger charge is -2.15. The molecule has 1 aliphatic rings. The Hall–Kier alpha value is -1.22. The summed E-state index contributed by atoms with van der Waals surface area (Å²) < 4.78 is 10.8. The topological polar surface area (TPSA) is 44.5 Å². The van der Waals surface area contributed by atoms with E-state index in [-0.39, 0.29) is 6.04 Å². The van der Waals surface area contributed by atoms with Gasteiger partial charge in [0.2, 0.25) is 6.79 Å². The maximum Gasteiger partial charge on any atom is 0.231 e. The van der Waals surface area contributed by atoms with Crippen molar-refractivity contribution in [2.24, 2.45) is 11.7 Å². The standard InChI is InChI=1S/C13H19NO2/c1-9(2)6-7-11(14)10-4-3-5-12-13(10)16-8-15-12/h3-5,9,11H,6-8,14H2,1-2H3/t11-/m1/s1. The molecule has 1 heterocycles. The van der Waals surface area contributed by atoms with Gasteiger partial charge >= 0.3 is 0 Å². The number of hydrogen-bond acceptors (Lipinski definition) is 3. The maximum atomic E-state index is 6.18. The number of nitrogens with two attached hydrogens (primary N) is 1. The zero-order valence-electron chi connectivity index (χ0n) is 9.90. The van der Waals surface area contributed by atoms with Crippen LogP contribution in [0.15, 0.2) is 18.2 Å². The molecule has 3 heteroatoms. The Kier molecular flexibility index (Phi) is 3.34. The van der Waals surface area contributed by atoms with Crippen LogP contribution in [0.3, 0.4) is 0 Å². The van der Waals surface area contributed by atoms with Gasteiger partial charge in [0, 0.05) is 11.6 Å². The summed E-state index contributed by atoms with van der Waals surface area (Å²) in [4.78, 5) is 0. The highest BCUT2D eigenvalue weighted by Gasteiger charge is 2.20. The average Bonchev–Trinajstić information content (AvgIpc) is 2.73. The first-order chi connectivity index (χ1) is 7.68. The van der Waals surface area contributed by atoms with Gasteiger partial charge in [-0.1, -0.05) is 26.0 Å². The highest BCUT2D eigenvalue weighted by atomic mass is 16.7. The van der Waals surface area contributed by atoms with Crippen LogP contribution in [0, 0.1) is 5.92 Å². The van der Waals surface area contributed by atoms with E-state index in [1.807, 2.05) is 18.2 Å². The van der Waals surface area contributed by atoms with Crippen LogP contribution in [0.4, 0.5) is 0 Å². The van der Waals surface area contributed by atoms with Crippen LogP contribution in [-0.4, -0.2) is 6.79 Å². The molecule has 0 saturated carbocycles. The smallest absolute Gasteiger partial charge is 0.231 e. The van der Waals surface area contributed by atoms with Crippen LogP contribution in [0.25, 0.3) is 0 Å². The molecule has 0 radical (unpaired) electrons. The van der Waals surface area contributed by atoms with E-state index in [9.17, 15) is 0 Å². The normalized spacial score (nSPS) is 15.5. The van der Waals surface area contributed by atoms with E-state index >= 15 is 0 Å². The van der Waals surface area contributed by atoms with Crippen molar-refractivity contribution in [1.29, 1.82) is 0 Å². The predicted molar refractivity (Wildman–Crippen MR) is 63.6 cm³/mol. The van der Waals surface area contributed by atoms with Gasteiger partial charge in [0.05, 0.1) is 0 Å². The van der Waals surface area contributed by atoms with Gasteiger partial charge < -0.3 is 15.2 Å². The summed E-state index contributed by atoms with van der Waals surface area (Å²) in [6.07, 6.45) is 2.11. The van der Waals surface area contributed by atoms with Crippen molar-refractivity contribution < 1.29 is 9.47 Å². The number of hydrogen-bond donors (Lipinski definition) is 1. The van der Waals surface area contributed by atoms with Crippen molar-refractivity contribution in [3.63, 3.8) is 0 Å². The third kappa shape index (κ3) is 2.30. The van der Waals surface area contributed by atoms with Crippen LogP contribution in [0.5, 0.6) is 11.5 Å². The van der Waals surface area contributed by atoms with Crippen LogP contribution in [0.2, 0.25) is 0 Å². The molecule has 2 N–H and O–H groups in total. The zero-order chi connectivity index (χ0) is 11.5. The quantitative estimate of drug-likeness (QED) is 0.850. The van der Waals surface area contributed by atoms with Gasteiger partial charge in [-0.05, 0) is 24.8 Å². The minimum absolute atomic E-state index is 0.0408. The largest absolute Gasteiger partial charge is 0.454 e. The minimum Gasteiger partial charge on any atom is -0.454 e. The summed E-state index contributed by atoms with van der Waals surface area (Å²) in [7, 11) is 0. The molecular weight excluding hydrogens is 202 g/mol. The van der Waals surface area contributed by atoms with Crippen molar-refractivity contribution in [3.8, 4) is 11.5 Å². The lowest BCUT2D eigenvalue weighted by molar-refractivity contribution is 0.173. The number of fused-ring (bicyclic) bond motifs is 1. The molecule has 1 atom stereocenters. The summed E-state index contributed by atoms with van der Waals surface area (Å²) >= 11 is 0. The second-order valence-electron chi connectivity index (χ2n) is 4.66. The van der Waals surface area contributed by atoms with E-state index in [2.05, 4.69) is 13.8 Å². The molecule has 0 amide bonds. The molecule has 0 unspecified atom stereocenters. The van der Waals surface area contributed by atoms with Crippen LogP contribution < -0.4 is 15.2 Å². The van der Waals surface area contributed by atoms with Gasteiger partial charge in [-0.2, -0.15) is 0 Å². The number of rotatable bonds is 4. The third-order valence-electron chi connectivity index (χ3n) is 2.88. The molecular formula is C13H19NO2. The summed E-state index contributed by atoms with van der Waals surface area (Å²) in [6, 6.07) is 5.96. The zero-order valence-corrected chi connectivity index (χ0v) is 9.90. The fourth-order valence-electron chi connectivity index (χ4n) is 1.91. The molecule has 0 fully saturated rings. The van der Waals surface area contributed by atoms with E-state index in [1.54, 1.807) is 0 Å². The highest BCUT2D eigenvalue weighted by Crippen LogP contribution is 2.38. The highest BCUT2D eigenvalue weighted by molar-refractivity contribution is 5.49. The van der Waals surface area contributed by atoms with Gasteiger partial charge in [0.1, 0.15) is 0 Å². The second-order valence-corrected chi connectivity index (χ2v) is 4.66. The molecule has 0 aromatic heterocycles. The Bertz CT molecular complexity index is 363. The molecule has 1 aromatic carbocycles. The number of ether oxygens (including phenoxy) is 2. The molecule has 88 valence electrons. The summed E-state index contributed by atoms with van der Waals surface area (Å²) in [5.74, 6) is 2.33. The monoisotopic (exact) mass is 221 g/mol. The Morgan fingerprint density at radius 2 is 2.06 bits per heavy atom. The predicted octanol–water partition coefficient (Wildman–Crippen LogP) is 2.85. The molecule has 1 aliphatic heterocycles. The molecule has 1 aromatic rings. The first-order valence-corrected chi connectivity index (χ1v) is 5.82. The van der Waals surface area contributed by atoms with Gasteiger partial charge in [0.15, 0.2) is 11.5 Å². The lowest BCUT2D eigenvalue weighted by atomic mass is 9.97. The molecule has 0 spiro atoms. The Balaban J connectivity index is 2.11. The van der Waals surface area contributed by atoms with E-state index in [0.717, 1.165) is 29.9 Å².